The normalized spacial score (nSPS) is 21.5. The van der Waals surface area contributed by atoms with E-state index in [4.69, 9.17) is 17.0 Å². The lowest BCUT2D eigenvalue weighted by atomic mass is 9.98. The molecular formula is C25H28N4OS. The van der Waals surface area contributed by atoms with Crippen LogP contribution in [0.5, 0.6) is 5.75 Å². The summed E-state index contributed by atoms with van der Waals surface area (Å²) in [5, 5.41) is 4.26. The van der Waals surface area contributed by atoms with Gasteiger partial charge >= 0.3 is 0 Å². The Morgan fingerprint density at radius 2 is 1.90 bits per heavy atom. The topological polar surface area (TPSA) is 42.3 Å². The zero-order valence-corrected chi connectivity index (χ0v) is 18.6. The average molecular weight is 433 g/mol. The van der Waals surface area contributed by atoms with Gasteiger partial charge in [-0.3, -0.25) is 4.98 Å². The van der Waals surface area contributed by atoms with Crippen molar-refractivity contribution in [3.8, 4) is 5.75 Å². The van der Waals surface area contributed by atoms with Gasteiger partial charge in [-0.2, -0.15) is 0 Å². The number of rotatable bonds is 6. The molecule has 0 bridgehead atoms. The molecular weight excluding hydrogens is 404 g/mol. The summed E-state index contributed by atoms with van der Waals surface area (Å²) in [6, 6.07) is 17.1. The van der Waals surface area contributed by atoms with Gasteiger partial charge in [0.15, 0.2) is 5.11 Å². The molecule has 2 aromatic heterocycles. The molecule has 3 aromatic rings. The average Bonchev–Trinajstić information content (AvgIpc) is 3.55. The Kier molecular flexibility index (Phi) is 5.64. The first-order valence-corrected chi connectivity index (χ1v) is 11.6. The van der Waals surface area contributed by atoms with Gasteiger partial charge in [0.05, 0.1) is 24.4 Å². The fourth-order valence-electron chi connectivity index (χ4n) is 4.88. The van der Waals surface area contributed by atoms with Crippen molar-refractivity contribution in [2.24, 2.45) is 0 Å². The van der Waals surface area contributed by atoms with Crippen LogP contribution in [-0.2, 0) is 0 Å². The number of pyridine rings is 1. The number of anilines is 1. The van der Waals surface area contributed by atoms with Crippen LogP contribution in [0.3, 0.4) is 0 Å². The number of hydrogen-bond donors (Lipinski definition) is 1. The predicted octanol–water partition coefficient (Wildman–Crippen LogP) is 5.57. The molecule has 0 spiro atoms. The molecule has 2 aliphatic rings. The molecule has 1 aliphatic carbocycles. The first-order chi connectivity index (χ1) is 15.2. The van der Waals surface area contributed by atoms with Gasteiger partial charge < -0.3 is 19.5 Å². The third-order valence-corrected chi connectivity index (χ3v) is 6.66. The maximum Gasteiger partial charge on any atom is 0.174 e. The second-order valence-corrected chi connectivity index (χ2v) is 8.64. The van der Waals surface area contributed by atoms with Crippen LogP contribution < -0.4 is 15.0 Å². The van der Waals surface area contributed by atoms with Crippen LogP contribution in [0.1, 0.15) is 62.0 Å². The van der Waals surface area contributed by atoms with Gasteiger partial charge in [-0.1, -0.05) is 18.9 Å². The van der Waals surface area contributed by atoms with E-state index in [1.165, 1.54) is 31.2 Å². The summed E-state index contributed by atoms with van der Waals surface area (Å²) >= 11 is 5.82. The highest BCUT2D eigenvalue weighted by Gasteiger charge is 2.41. The predicted molar refractivity (Wildman–Crippen MR) is 127 cm³/mol. The van der Waals surface area contributed by atoms with E-state index in [1.54, 1.807) is 0 Å². The number of hydrogen-bond acceptors (Lipinski definition) is 3. The fraction of sp³-hybridized carbons (Fsp3) is 0.360. The molecule has 1 saturated carbocycles. The molecule has 31 heavy (non-hydrogen) atoms. The van der Waals surface area contributed by atoms with E-state index in [-0.39, 0.29) is 12.1 Å². The molecule has 2 unspecified atom stereocenters. The van der Waals surface area contributed by atoms with E-state index in [0.29, 0.717) is 12.6 Å². The monoisotopic (exact) mass is 432 g/mol. The first kappa shape index (κ1) is 20.1. The van der Waals surface area contributed by atoms with Crippen molar-refractivity contribution in [3.63, 3.8) is 0 Å². The molecule has 2 fully saturated rings. The minimum absolute atomic E-state index is 0.0142. The SMILES string of the molecule is CCOc1ccc(N2C(=S)NC(c3ccccn3)C2c2ccn(C3CCCC3)c2)cc1. The number of aromatic nitrogens is 2. The number of nitrogens with one attached hydrogen (secondary N) is 1. The smallest absolute Gasteiger partial charge is 0.174 e. The third kappa shape index (κ3) is 3.92. The van der Waals surface area contributed by atoms with Gasteiger partial charge in [-0.25, -0.2) is 0 Å². The molecule has 5 rings (SSSR count). The van der Waals surface area contributed by atoms with E-state index in [2.05, 4.69) is 56.4 Å². The Morgan fingerprint density at radius 3 is 2.61 bits per heavy atom. The standard InChI is InChI=1S/C25H28N4OS/c1-2-30-21-12-10-20(11-13-21)29-24(18-14-16-28(17-18)19-7-3-4-8-19)23(27-25(29)31)22-9-5-6-15-26-22/h5-6,9-17,19,23-24H,2-4,7-8H2,1H3,(H,27,31). The van der Waals surface area contributed by atoms with E-state index in [1.807, 2.05) is 37.4 Å². The largest absolute Gasteiger partial charge is 0.494 e. The Balaban J connectivity index is 1.53. The van der Waals surface area contributed by atoms with E-state index < -0.39 is 0 Å². The molecule has 0 radical (unpaired) electrons. The Hall–Kier alpha value is -2.86. The molecule has 6 heteroatoms. The molecule has 1 saturated heterocycles. The molecule has 1 aromatic carbocycles. The second kappa shape index (κ2) is 8.71. The van der Waals surface area contributed by atoms with Crippen molar-refractivity contribution in [2.45, 2.75) is 50.7 Å². The van der Waals surface area contributed by atoms with Gasteiger partial charge in [0.25, 0.3) is 0 Å². The van der Waals surface area contributed by atoms with E-state index in [9.17, 15) is 0 Å². The summed E-state index contributed by atoms with van der Waals surface area (Å²) in [7, 11) is 0. The minimum Gasteiger partial charge on any atom is -0.494 e. The van der Waals surface area contributed by atoms with Crippen LogP contribution in [0.2, 0.25) is 0 Å². The highest BCUT2D eigenvalue weighted by atomic mass is 32.1. The number of benzene rings is 1. The van der Waals surface area contributed by atoms with Gasteiger partial charge in [0, 0.05) is 30.3 Å². The molecule has 3 heterocycles. The van der Waals surface area contributed by atoms with Crippen molar-refractivity contribution < 1.29 is 4.74 Å². The molecule has 1 N–H and O–H groups in total. The van der Waals surface area contributed by atoms with E-state index in [0.717, 1.165) is 22.2 Å². The van der Waals surface area contributed by atoms with Crippen LogP contribution >= 0.6 is 12.2 Å². The third-order valence-electron chi connectivity index (χ3n) is 6.35. The number of ether oxygens (including phenoxy) is 1. The zero-order valence-electron chi connectivity index (χ0n) is 17.8. The lowest BCUT2D eigenvalue weighted by Crippen LogP contribution is -2.29. The van der Waals surface area contributed by atoms with Crippen molar-refractivity contribution in [1.82, 2.24) is 14.9 Å². The number of thiocarbonyl (C=S) groups is 1. The Bertz CT molecular complexity index is 1030. The van der Waals surface area contributed by atoms with Crippen LogP contribution in [0.4, 0.5) is 5.69 Å². The van der Waals surface area contributed by atoms with Crippen LogP contribution in [0.25, 0.3) is 0 Å². The van der Waals surface area contributed by atoms with Crippen molar-refractivity contribution >= 4 is 23.0 Å². The van der Waals surface area contributed by atoms with Gasteiger partial charge in [-0.05, 0) is 80.0 Å². The lowest BCUT2D eigenvalue weighted by Gasteiger charge is -2.27. The maximum atomic E-state index is 5.82. The highest BCUT2D eigenvalue weighted by molar-refractivity contribution is 7.80. The molecule has 5 nitrogen and oxygen atoms in total. The molecule has 0 amide bonds. The Morgan fingerprint density at radius 1 is 1.10 bits per heavy atom. The lowest BCUT2D eigenvalue weighted by molar-refractivity contribution is 0.340. The van der Waals surface area contributed by atoms with Crippen molar-refractivity contribution in [3.05, 3.63) is 78.4 Å². The van der Waals surface area contributed by atoms with Gasteiger partial charge in [-0.15, -0.1) is 0 Å². The first-order valence-electron chi connectivity index (χ1n) is 11.2. The molecule has 2 atom stereocenters. The van der Waals surface area contributed by atoms with Crippen LogP contribution in [0.15, 0.2) is 67.1 Å². The fourth-order valence-corrected chi connectivity index (χ4v) is 5.22. The van der Waals surface area contributed by atoms with E-state index >= 15 is 0 Å². The van der Waals surface area contributed by atoms with Crippen molar-refractivity contribution in [1.29, 1.82) is 0 Å². The minimum atomic E-state index is -0.0142. The summed E-state index contributed by atoms with van der Waals surface area (Å²) in [5.41, 5.74) is 3.30. The summed E-state index contributed by atoms with van der Waals surface area (Å²) in [6.07, 6.45) is 11.6. The molecule has 160 valence electrons. The van der Waals surface area contributed by atoms with Gasteiger partial charge in [0.1, 0.15) is 5.75 Å². The quantitative estimate of drug-likeness (QED) is 0.516. The van der Waals surface area contributed by atoms with Crippen LogP contribution in [-0.4, -0.2) is 21.3 Å². The molecule has 1 aliphatic heterocycles. The summed E-state index contributed by atoms with van der Waals surface area (Å²) in [6.45, 7) is 2.65. The summed E-state index contributed by atoms with van der Waals surface area (Å²) in [4.78, 5) is 6.87. The number of nitrogens with zero attached hydrogens (tertiary/aromatic N) is 3. The summed E-state index contributed by atoms with van der Waals surface area (Å²) < 4.78 is 8.03. The summed E-state index contributed by atoms with van der Waals surface area (Å²) in [5.74, 6) is 0.870. The van der Waals surface area contributed by atoms with Crippen LogP contribution in [0, 0.1) is 0 Å². The van der Waals surface area contributed by atoms with Crippen molar-refractivity contribution in [2.75, 3.05) is 11.5 Å². The second-order valence-electron chi connectivity index (χ2n) is 8.25. The zero-order chi connectivity index (χ0) is 21.2. The maximum absolute atomic E-state index is 5.82. The Labute approximate surface area is 189 Å². The highest BCUT2D eigenvalue weighted by Crippen LogP contribution is 2.42. The van der Waals surface area contributed by atoms with Gasteiger partial charge in [0.2, 0.25) is 0 Å².